The van der Waals surface area contributed by atoms with E-state index < -0.39 is 0 Å². The highest BCUT2D eigenvalue weighted by atomic mass is 35.5. The van der Waals surface area contributed by atoms with E-state index >= 15 is 0 Å². The zero-order chi connectivity index (χ0) is 18.1. The highest BCUT2D eigenvalue weighted by Crippen LogP contribution is 2.39. The Morgan fingerprint density at radius 2 is 2.15 bits per heavy atom. The lowest BCUT2D eigenvalue weighted by atomic mass is 10.1. The zero-order valence-corrected chi connectivity index (χ0v) is 15.9. The van der Waals surface area contributed by atoms with Gasteiger partial charge in [-0.2, -0.15) is 19.6 Å². The van der Waals surface area contributed by atoms with Crippen molar-refractivity contribution in [3.05, 3.63) is 48.1 Å². The molecule has 0 radical (unpaired) electrons. The maximum Gasteiger partial charge on any atom is 0.254 e. The van der Waals surface area contributed by atoms with Crippen LogP contribution in [-0.4, -0.2) is 38.0 Å². The Morgan fingerprint density at radius 1 is 1.35 bits per heavy atom. The molecule has 0 spiro atoms. The number of fused-ring (bicyclic) bond motifs is 1. The van der Waals surface area contributed by atoms with E-state index in [0.717, 1.165) is 34.1 Å². The number of halogens is 1. The molecular formula is C18H17ClN4O2S. The summed E-state index contributed by atoms with van der Waals surface area (Å²) in [6.45, 7) is 2.09. The first-order chi connectivity index (χ1) is 12.6. The maximum absolute atomic E-state index is 6.52. The topological polar surface area (TPSA) is 61.5 Å². The van der Waals surface area contributed by atoms with Crippen LogP contribution in [-0.2, 0) is 4.74 Å². The Hall–Kier alpha value is -2.25. The zero-order valence-electron chi connectivity index (χ0n) is 14.3. The van der Waals surface area contributed by atoms with Crippen molar-refractivity contribution in [2.24, 2.45) is 0 Å². The lowest BCUT2D eigenvalue weighted by Gasteiger charge is -2.23. The second kappa shape index (κ2) is 6.81. The number of methoxy groups -OCH3 is 1. The number of thioether (sulfide) groups is 1. The molecule has 1 atom stereocenters. The monoisotopic (exact) mass is 388 g/mol. The minimum Gasteiger partial charge on any atom is -0.497 e. The van der Waals surface area contributed by atoms with Crippen molar-refractivity contribution in [1.82, 2.24) is 19.6 Å². The Bertz CT molecular complexity index is 963. The van der Waals surface area contributed by atoms with Gasteiger partial charge in [-0.05, 0) is 30.7 Å². The van der Waals surface area contributed by atoms with Gasteiger partial charge >= 0.3 is 0 Å². The van der Waals surface area contributed by atoms with Gasteiger partial charge in [0.25, 0.3) is 5.78 Å². The van der Waals surface area contributed by atoms with Crippen molar-refractivity contribution in [3.63, 3.8) is 0 Å². The molecule has 0 saturated carbocycles. The quantitative estimate of drug-likeness (QED) is 0.481. The van der Waals surface area contributed by atoms with Crippen LogP contribution in [0.4, 0.5) is 0 Å². The molecule has 0 amide bonds. The Kier molecular flexibility index (Phi) is 4.50. The minimum absolute atomic E-state index is 0.246. The number of hydrogen-bond acceptors (Lipinski definition) is 6. The number of rotatable bonds is 5. The molecule has 0 aliphatic carbocycles. The van der Waals surface area contributed by atoms with Crippen molar-refractivity contribution >= 4 is 29.1 Å². The minimum atomic E-state index is -0.246. The molecule has 3 aromatic rings. The molecular weight excluding hydrogens is 372 g/mol. The molecule has 0 N–H and O–H groups in total. The summed E-state index contributed by atoms with van der Waals surface area (Å²) in [6, 6.07) is 7.72. The van der Waals surface area contributed by atoms with Gasteiger partial charge in [0, 0.05) is 12.2 Å². The summed E-state index contributed by atoms with van der Waals surface area (Å²) in [5.74, 6) is 2.01. The van der Waals surface area contributed by atoms with E-state index in [2.05, 4.69) is 22.0 Å². The largest absolute Gasteiger partial charge is 0.497 e. The molecule has 1 aliphatic rings. The summed E-state index contributed by atoms with van der Waals surface area (Å²) in [7, 11) is 1.64. The molecule has 6 nitrogen and oxygen atoms in total. The normalized spacial score (nSPS) is 19.0. The van der Waals surface area contributed by atoms with Gasteiger partial charge < -0.3 is 9.47 Å². The van der Waals surface area contributed by atoms with Crippen molar-refractivity contribution in [2.45, 2.75) is 24.0 Å². The number of hydrogen-bond donors (Lipinski definition) is 0. The average molecular weight is 389 g/mol. The number of nitrogens with zero attached hydrogens (tertiary/aromatic N) is 4. The molecule has 1 unspecified atom stereocenters. The third-order valence-electron chi connectivity index (χ3n) is 4.23. The van der Waals surface area contributed by atoms with Crippen molar-refractivity contribution in [2.75, 3.05) is 12.9 Å². The number of benzene rings is 1. The lowest BCUT2D eigenvalue weighted by molar-refractivity contribution is 0.0877. The predicted octanol–water partition coefficient (Wildman–Crippen LogP) is 4.24. The fourth-order valence-electron chi connectivity index (χ4n) is 2.80. The molecule has 0 fully saturated rings. The fourth-order valence-corrected chi connectivity index (χ4v) is 4.37. The van der Waals surface area contributed by atoms with Gasteiger partial charge in [-0.1, -0.05) is 23.7 Å². The third kappa shape index (κ3) is 3.12. The van der Waals surface area contributed by atoms with Crippen LogP contribution in [0.2, 0.25) is 5.15 Å². The molecule has 0 bridgehead atoms. The molecule has 2 aromatic heterocycles. The summed E-state index contributed by atoms with van der Waals surface area (Å²) in [6.07, 6.45) is 6.15. The predicted molar refractivity (Wildman–Crippen MR) is 102 cm³/mol. The van der Waals surface area contributed by atoms with Crippen LogP contribution in [0.3, 0.4) is 0 Å². The number of ether oxygens (including phenoxy) is 2. The van der Waals surface area contributed by atoms with Crippen molar-refractivity contribution in [3.8, 4) is 16.9 Å². The van der Waals surface area contributed by atoms with Gasteiger partial charge in [-0.25, -0.2) is 0 Å². The fraction of sp³-hybridized carbons (Fsp3) is 0.278. The first-order valence-electron chi connectivity index (χ1n) is 8.09. The molecule has 4 rings (SSSR count). The van der Waals surface area contributed by atoms with Crippen LogP contribution >= 0.6 is 23.4 Å². The van der Waals surface area contributed by atoms with Crippen LogP contribution in [0.15, 0.2) is 48.0 Å². The Labute approximate surface area is 160 Å². The average Bonchev–Trinajstić information content (AvgIpc) is 3.29. The van der Waals surface area contributed by atoms with E-state index in [1.807, 2.05) is 30.3 Å². The second-order valence-corrected chi connectivity index (χ2v) is 7.54. The summed E-state index contributed by atoms with van der Waals surface area (Å²) >= 11 is 8.16. The molecule has 8 heteroatoms. The maximum atomic E-state index is 6.52. The van der Waals surface area contributed by atoms with E-state index in [-0.39, 0.29) is 5.60 Å². The van der Waals surface area contributed by atoms with Gasteiger partial charge in [0.05, 0.1) is 18.9 Å². The molecule has 26 heavy (non-hydrogen) atoms. The lowest BCUT2D eigenvalue weighted by Crippen LogP contribution is -2.26. The first kappa shape index (κ1) is 17.2. The van der Waals surface area contributed by atoms with E-state index in [9.17, 15) is 0 Å². The van der Waals surface area contributed by atoms with Crippen LogP contribution in [0.5, 0.6) is 5.75 Å². The summed E-state index contributed by atoms with van der Waals surface area (Å²) in [5.41, 5.74) is 1.52. The standard InChI is InChI=1S/C18H17ClN4O2S/c1-18(8-3-9-25-18)10-26-16-14(12-4-6-13(24-2)7-5-12)15(19)22-17-20-11-21-23(16)17/h3-7,9,11H,8,10H2,1-2H3. The highest BCUT2D eigenvalue weighted by molar-refractivity contribution is 7.99. The smallest absolute Gasteiger partial charge is 0.254 e. The van der Waals surface area contributed by atoms with Gasteiger partial charge in [0.2, 0.25) is 0 Å². The van der Waals surface area contributed by atoms with Gasteiger partial charge in [-0.3, -0.25) is 0 Å². The van der Waals surface area contributed by atoms with Crippen LogP contribution in [0, 0.1) is 0 Å². The SMILES string of the molecule is COc1ccc(-c2c(Cl)nc3ncnn3c2SCC2(C)CC=CO2)cc1. The van der Waals surface area contributed by atoms with E-state index in [0.29, 0.717) is 10.9 Å². The first-order valence-corrected chi connectivity index (χ1v) is 9.45. The van der Waals surface area contributed by atoms with E-state index in [1.54, 1.807) is 29.6 Å². The molecule has 1 aliphatic heterocycles. The Balaban J connectivity index is 1.78. The Morgan fingerprint density at radius 3 is 2.85 bits per heavy atom. The highest BCUT2D eigenvalue weighted by Gasteiger charge is 2.29. The van der Waals surface area contributed by atoms with Crippen molar-refractivity contribution < 1.29 is 9.47 Å². The molecule has 3 heterocycles. The van der Waals surface area contributed by atoms with E-state index in [4.69, 9.17) is 21.1 Å². The second-order valence-electron chi connectivity index (χ2n) is 6.22. The number of aromatic nitrogens is 4. The van der Waals surface area contributed by atoms with Crippen molar-refractivity contribution in [1.29, 1.82) is 0 Å². The van der Waals surface area contributed by atoms with Crippen LogP contribution in [0.25, 0.3) is 16.9 Å². The summed E-state index contributed by atoms with van der Waals surface area (Å²) in [5, 5.41) is 5.62. The summed E-state index contributed by atoms with van der Waals surface area (Å²) in [4.78, 5) is 8.56. The van der Waals surface area contributed by atoms with Gasteiger partial charge in [0.1, 0.15) is 27.9 Å². The van der Waals surface area contributed by atoms with Crippen LogP contribution in [0.1, 0.15) is 13.3 Å². The third-order valence-corrected chi connectivity index (χ3v) is 5.91. The van der Waals surface area contributed by atoms with Gasteiger partial charge in [0.15, 0.2) is 0 Å². The van der Waals surface area contributed by atoms with Gasteiger partial charge in [-0.15, -0.1) is 11.8 Å². The summed E-state index contributed by atoms with van der Waals surface area (Å²) < 4.78 is 12.7. The van der Waals surface area contributed by atoms with E-state index in [1.165, 1.54) is 6.33 Å². The molecule has 0 saturated heterocycles. The molecule has 1 aromatic carbocycles. The molecule has 134 valence electrons. The van der Waals surface area contributed by atoms with Crippen LogP contribution < -0.4 is 4.74 Å².